The Morgan fingerprint density at radius 3 is 2.80 bits per heavy atom. The first-order valence-electron chi connectivity index (χ1n) is 7.91. The van der Waals surface area contributed by atoms with Crippen LogP contribution in [0.2, 0.25) is 0 Å². The predicted octanol–water partition coefficient (Wildman–Crippen LogP) is 3.82. The van der Waals surface area contributed by atoms with E-state index >= 15 is 0 Å². The van der Waals surface area contributed by atoms with Gasteiger partial charge in [0, 0.05) is 24.3 Å². The van der Waals surface area contributed by atoms with Crippen molar-refractivity contribution in [2.75, 3.05) is 18.4 Å². The topological polar surface area (TPSA) is 41.1 Å². The van der Waals surface area contributed by atoms with E-state index in [9.17, 15) is 4.79 Å². The molecule has 2 N–H and O–H groups in total. The van der Waals surface area contributed by atoms with Crippen molar-refractivity contribution in [1.29, 1.82) is 0 Å². The molecular weight excluding hydrogens is 248 g/mol. The van der Waals surface area contributed by atoms with E-state index in [1.165, 1.54) is 38.5 Å². The van der Waals surface area contributed by atoms with Crippen LogP contribution in [0.1, 0.15) is 55.8 Å². The van der Waals surface area contributed by atoms with Crippen molar-refractivity contribution < 1.29 is 4.79 Å². The van der Waals surface area contributed by atoms with E-state index in [0.717, 1.165) is 23.7 Å². The van der Waals surface area contributed by atoms with E-state index in [2.05, 4.69) is 10.6 Å². The minimum atomic E-state index is 0.00318. The number of rotatable bonds is 6. The first-order chi connectivity index (χ1) is 9.79. The predicted molar refractivity (Wildman–Crippen MR) is 84.1 cm³/mol. The number of carbonyl (C=O) groups is 1. The molecule has 0 radical (unpaired) electrons. The molecule has 0 atom stereocenters. The van der Waals surface area contributed by atoms with E-state index in [0.29, 0.717) is 6.54 Å². The SMILES string of the molecule is CCNC(=O)c1cccc(NCCC2CCCCC2)c1. The summed E-state index contributed by atoms with van der Waals surface area (Å²) in [5.74, 6) is 0.895. The van der Waals surface area contributed by atoms with Crippen molar-refractivity contribution >= 4 is 11.6 Å². The summed E-state index contributed by atoms with van der Waals surface area (Å²) in [6.45, 7) is 3.60. The van der Waals surface area contributed by atoms with Crippen molar-refractivity contribution in [3.05, 3.63) is 29.8 Å². The van der Waals surface area contributed by atoms with Gasteiger partial charge in [-0.3, -0.25) is 4.79 Å². The summed E-state index contributed by atoms with van der Waals surface area (Å²) >= 11 is 0. The number of amides is 1. The third-order valence-corrected chi connectivity index (χ3v) is 4.07. The number of benzene rings is 1. The van der Waals surface area contributed by atoms with Crippen LogP contribution in [-0.4, -0.2) is 19.0 Å². The van der Waals surface area contributed by atoms with Crippen molar-refractivity contribution in [2.24, 2.45) is 5.92 Å². The van der Waals surface area contributed by atoms with Crippen LogP contribution in [0.5, 0.6) is 0 Å². The van der Waals surface area contributed by atoms with Gasteiger partial charge < -0.3 is 10.6 Å². The average Bonchev–Trinajstić information content (AvgIpc) is 2.49. The molecule has 1 aliphatic carbocycles. The lowest BCUT2D eigenvalue weighted by molar-refractivity contribution is 0.0956. The number of hydrogen-bond donors (Lipinski definition) is 2. The number of nitrogens with one attached hydrogen (secondary N) is 2. The van der Waals surface area contributed by atoms with Crippen LogP contribution >= 0.6 is 0 Å². The zero-order chi connectivity index (χ0) is 14.2. The third kappa shape index (κ3) is 4.55. The lowest BCUT2D eigenvalue weighted by Gasteiger charge is -2.21. The standard InChI is InChI=1S/C17H26N2O/c1-2-18-17(20)15-9-6-10-16(13-15)19-12-11-14-7-4-3-5-8-14/h6,9-10,13-14,19H,2-5,7-8,11-12H2,1H3,(H,18,20). The maximum absolute atomic E-state index is 11.8. The van der Waals surface area contributed by atoms with Gasteiger partial charge in [-0.15, -0.1) is 0 Å². The fraction of sp³-hybridized carbons (Fsp3) is 0.588. The van der Waals surface area contributed by atoms with Gasteiger partial charge >= 0.3 is 0 Å². The van der Waals surface area contributed by atoms with Gasteiger partial charge in [-0.05, 0) is 37.5 Å². The summed E-state index contributed by atoms with van der Waals surface area (Å²) in [6, 6.07) is 7.76. The molecule has 20 heavy (non-hydrogen) atoms. The molecule has 1 amide bonds. The van der Waals surface area contributed by atoms with Gasteiger partial charge in [-0.2, -0.15) is 0 Å². The van der Waals surface area contributed by atoms with Gasteiger partial charge in [0.2, 0.25) is 0 Å². The summed E-state index contributed by atoms with van der Waals surface area (Å²) in [4.78, 5) is 11.8. The Morgan fingerprint density at radius 1 is 1.25 bits per heavy atom. The van der Waals surface area contributed by atoms with Gasteiger partial charge in [-0.1, -0.05) is 38.2 Å². The lowest BCUT2D eigenvalue weighted by Crippen LogP contribution is -2.22. The molecule has 0 spiro atoms. The summed E-state index contributed by atoms with van der Waals surface area (Å²) in [5, 5.41) is 6.28. The average molecular weight is 274 g/mol. The highest BCUT2D eigenvalue weighted by molar-refractivity contribution is 5.95. The summed E-state index contributed by atoms with van der Waals surface area (Å²) in [6.07, 6.45) is 8.24. The van der Waals surface area contributed by atoms with Crippen LogP contribution in [0, 0.1) is 5.92 Å². The molecule has 1 aromatic carbocycles. The Labute approximate surface area is 122 Å². The Bertz CT molecular complexity index is 425. The van der Waals surface area contributed by atoms with Gasteiger partial charge in [0.15, 0.2) is 0 Å². The van der Waals surface area contributed by atoms with Crippen molar-refractivity contribution in [1.82, 2.24) is 5.32 Å². The number of carbonyl (C=O) groups excluding carboxylic acids is 1. The molecule has 1 saturated carbocycles. The molecule has 0 aromatic heterocycles. The van der Waals surface area contributed by atoms with E-state index in [1.54, 1.807) is 0 Å². The zero-order valence-electron chi connectivity index (χ0n) is 12.5. The Hall–Kier alpha value is -1.51. The maximum atomic E-state index is 11.8. The summed E-state index contributed by atoms with van der Waals surface area (Å²) in [5.41, 5.74) is 1.78. The van der Waals surface area contributed by atoms with Gasteiger partial charge in [0.05, 0.1) is 0 Å². The minimum absolute atomic E-state index is 0.00318. The van der Waals surface area contributed by atoms with E-state index < -0.39 is 0 Å². The van der Waals surface area contributed by atoms with Gasteiger partial charge in [0.1, 0.15) is 0 Å². The van der Waals surface area contributed by atoms with E-state index in [4.69, 9.17) is 0 Å². The van der Waals surface area contributed by atoms with Crippen LogP contribution in [0.3, 0.4) is 0 Å². The smallest absolute Gasteiger partial charge is 0.251 e. The molecule has 0 aliphatic heterocycles. The zero-order valence-corrected chi connectivity index (χ0v) is 12.5. The molecule has 3 heteroatoms. The number of anilines is 1. The first-order valence-corrected chi connectivity index (χ1v) is 7.91. The first kappa shape index (κ1) is 14.9. The maximum Gasteiger partial charge on any atom is 0.251 e. The van der Waals surface area contributed by atoms with Crippen LogP contribution < -0.4 is 10.6 Å². The Morgan fingerprint density at radius 2 is 2.05 bits per heavy atom. The normalized spacial score (nSPS) is 15.8. The molecule has 2 rings (SSSR count). The molecular formula is C17H26N2O. The molecule has 1 fully saturated rings. The molecule has 0 saturated heterocycles. The fourth-order valence-electron chi connectivity index (χ4n) is 2.93. The molecule has 0 bridgehead atoms. The monoisotopic (exact) mass is 274 g/mol. The minimum Gasteiger partial charge on any atom is -0.385 e. The Balaban J connectivity index is 1.80. The van der Waals surface area contributed by atoms with Crippen LogP contribution in [-0.2, 0) is 0 Å². The second-order valence-corrected chi connectivity index (χ2v) is 5.66. The fourth-order valence-corrected chi connectivity index (χ4v) is 2.93. The van der Waals surface area contributed by atoms with Crippen LogP contribution in [0.4, 0.5) is 5.69 Å². The summed E-state index contributed by atoms with van der Waals surface area (Å²) < 4.78 is 0. The highest BCUT2D eigenvalue weighted by Gasteiger charge is 2.12. The largest absolute Gasteiger partial charge is 0.385 e. The lowest BCUT2D eigenvalue weighted by atomic mass is 9.87. The number of hydrogen-bond acceptors (Lipinski definition) is 2. The molecule has 1 aliphatic rings. The van der Waals surface area contributed by atoms with Gasteiger partial charge in [-0.25, -0.2) is 0 Å². The second-order valence-electron chi connectivity index (χ2n) is 5.66. The molecule has 1 aromatic rings. The second kappa shape index (κ2) is 7.93. The van der Waals surface area contributed by atoms with E-state index in [-0.39, 0.29) is 5.91 Å². The van der Waals surface area contributed by atoms with Crippen molar-refractivity contribution in [3.63, 3.8) is 0 Å². The molecule has 0 unspecified atom stereocenters. The van der Waals surface area contributed by atoms with Crippen LogP contribution in [0.15, 0.2) is 24.3 Å². The molecule has 110 valence electrons. The molecule has 3 nitrogen and oxygen atoms in total. The third-order valence-electron chi connectivity index (χ3n) is 4.07. The summed E-state index contributed by atoms with van der Waals surface area (Å²) in [7, 11) is 0. The molecule has 0 heterocycles. The Kier molecular flexibility index (Phi) is 5.90. The highest BCUT2D eigenvalue weighted by atomic mass is 16.1. The van der Waals surface area contributed by atoms with Crippen LogP contribution in [0.25, 0.3) is 0 Å². The van der Waals surface area contributed by atoms with E-state index in [1.807, 2.05) is 31.2 Å². The van der Waals surface area contributed by atoms with Gasteiger partial charge in [0.25, 0.3) is 5.91 Å². The van der Waals surface area contributed by atoms with Crippen molar-refractivity contribution in [3.8, 4) is 0 Å². The quantitative estimate of drug-likeness (QED) is 0.828. The highest BCUT2D eigenvalue weighted by Crippen LogP contribution is 2.26. The van der Waals surface area contributed by atoms with Crippen molar-refractivity contribution in [2.45, 2.75) is 45.4 Å².